The maximum atomic E-state index is 9.54. The minimum absolute atomic E-state index is 0. The zero-order valence-electron chi connectivity index (χ0n) is 9.07. The molecular weight excluding hydrogens is 529 g/mol. The molecule has 0 aliphatic rings. The molecule has 0 aliphatic carbocycles. The first-order chi connectivity index (χ1) is 6.83. The van der Waals surface area contributed by atoms with Crippen LogP contribution in [0.1, 0.15) is 0 Å². The maximum Gasteiger partial charge on any atom is 2.00 e. The minimum atomic E-state index is -4.80. The standard InChI is InChI=1S/2H2O6PSi.Sr.2Zn/c2*1-7(2,3)6-8(4)5;;;/h2*(H2,1,2,3);;;/q2*-1;+2;;. The molecule has 0 saturated carbocycles. The van der Waals surface area contributed by atoms with Gasteiger partial charge in [0.05, 0.1) is 0 Å². The topological polar surface area (TPSA) is 214 Å². The molecule has 0 atom stereocenters. The molecule has 0 amide bonds. The molecule has 19 heteroatoms. The monoisotopic (exact) mass is 530 g/mol. The van der Waals surface area contributed by atoms with Crippen LogP contribution >= 0.6 is 15.6 Å². The number of hydrogen-bond acceptors (Lipinski definition) is 8. The second-order valence-electron chi connectivity index (χ2n) is 1.66. The SMILES string of the molecule is O=[Si]([O-])OP(=O)(O)O.O=[Si]([O-])OP(=O)(O)O.[Sr+2].[Zn].[Zn]. The molecule has 0 rings (SSSR count). The second-order valence-corrected chi connectivity index (χ2v) is 6.09. The van der Waals surface area contributed by atoms with Crippen LogP contribution in [0.5, 0.6) is 0 Å². The van der Waals surface area contributed by atoms with E-state index >= 15 is 0 Å². The van der Waals surface area contributed by atoms with Crippen LogP contribution in [-0.4, -0.2) is 83.4 Å². The van der Waals surface area contributed by atoms with Crippen molar-refractivity contribution < 1.29 is 94.6 Å². The van der Waals surface area contributed by atoms with Crippen LogP contribution < -0.4 is 9.59 Å². The summed E-state index contributed by atoms with van der Waals surface area (Å²) in [4.78, 5) is 49.6. The van der Waals surface area contributed by atoms with Gasteiger partial charge in [0.15, 0.2) is 0 Å². The predicted octanol–water partition coefficient (Wildman–Crippen LogP) is -4.64. The van der Waals surface area contributed by atoms with E-state index in [0.717, 1.165) is 0 Å². The molecule has 0 heterocycles. The van der Waals surface area contributed by atoms with Gasteiger partial charge in [-0.2, -0.15) is 0 Å². The Morgan fingerprint density at radius 2 is 0.947 bits per heavy atom. The first kappa shape index (κ1) is 33.0. The summed E-state index contributed by atoms with van der Waals surface area (Å²) in [7, 11) is -17.1. The molecule has 4 N–H and O–H groups in total. The van der Waals surface area contributed by atoms with E-state index in [1.807, 2.05) is 0 Å². The van der Waals surface area contributed by atoms with Gasteiger partial charge in [0, 0.05) is 39.0 Å². The van der Waals surface area contributed by atoms with E-state index in [9.17, 15) is 27.6 Å². The Morgan fingerprint density at radius 1 is 0.789 bits per heavy atom. The zero-order chi connectivity index (χ0) is 13.6. The number of rotatable bonds is 4. The molecule has 0 bridgehead atoms. The largest absolute Gasteiger partial charge is 2.00 e. The van der Waals surface area contributed by atoms with Gasteiger partial charge in [-0.3, -0.25) is 0 Å². The van der Waals surface area contributed by atoms with Crippen LogP contribution in [0.15, 0.2) is 0 Å². The number of hydrogen-bond donors (Lipinski definition) is 4. The van der Waals surface area contributed by atoms with Crippen molar-refractivity contribution in [3.63, 3.8) is 0 Å². The van der Waals surface area contributed by atoms with Crippen molar-refractivity contribution in [1.29, 1.82) is 0 Å². The van der Waals surface area contributed by atoms with Gasteiger partial charge in [-0.05, 0) is 0 Å². The van der Waals surface area contributed by atoms with Gasteiger partial charge < -0.3 is 46.5 Å². The third-order valence-electron chi connectivity index (χ3n) is 0.387. The van der Waals surface area contributed by atoms with Crippen LogP contribution in [0, 0.1) is 0 Å². The van der Waals surface area contributed by atoms with Gasteiger partial charge >= 0.3 is 79.5 Å². The van der Waals surface area contributed by atoms with E-state index in [4.69, 9.17) is 19.6 Å². The van der Waals surface area contributed by atoms with Crippen molar-refractivity contribution in [2.45, 2.75) is 0 Å². The third-order valence-corrected chi connectivity index (χ3v) is 3.48. The van der Waals surface area contributed by atoms with E-state index < -0.39 is 34.0 Å². The Hall–Kier alpha value is 2.26. The van der Waals surface area contributed by atoms with E-state index in [0.29, 0.717) is 0 Å². The van der Waals surface area contributed by atoms with Gasteiger partial charge in [-0.25, -0.2) is 9.13 Å². The summed E-state index contributed by atoms with van der Waals surface area (Å²) in [5, 5.41) is 0. The smallest absolute Gasteiger partial charge is 0.499 e. The van der Waals surface area contributed by atoms with E-state index in [1.165, 1.54) is 0 Å². The van der Waals surface area contributed by atoms with Gasteiger partial charge in [0.25, 0.3) is 0 Å². The molecule has 0 spiro atoms. The van der Waals surface area contributed by atoms with Crippen molar-refractivity contribution >= 4 is 79.5 Å². The van der Waals surface area contributed by atoms with Gasteiger partial charge in [0.2, 0.25) is 0 Å². The van der Waals surface area contributed by atoms with Crippen LogP contribution in [-0.2, 0) is 65.4 Å². The fourth-order valence-electron chi connectivity index (χ4n) is 0.194. The van der Waals surface area contributed by atoms with E-state index in [1.54, 1.807) is 0 Å². The molecule has 0 radical (unpaired) electrons. The Balaban J connectivity index is -0.0000000594. The summed E-state index contributed by atoms with van der Waals surface area (Å²) in [6.45, 7) is 0. The fourth-order valence-corrected chi connectivity index (χ4v) is 1.75. The summed E-state index contributed by atoms with van der Waals surface area (Å²) in [6.07, 6.45) is 0. The molecule has 0 fully saturated rings. The van der Waals surface area contributed by atoms with Crippen molar-refractivity contribution in [3.05, 3.63) is 0 Å². The quantitative estimate of drug-likeness (QED) is 0.199. The Kier molecular flexibility index (Phi) is 26.4. The Morgan fingerprint density at radius 3 is 0.947 bits per heavy atom. The van der Waals surface area contributed by atoms with Crippen LogP contribution in [0.3, 0.4) is 0 Å². The van der Waals surface area contributed by atoms with Crippen LogP contribution in [0.25, 0.3) is 0 Å². The average molecular weight is 533 g/mol. The molecule has 0 aromatic heterocycles. The maximum absolute atomic E-state index is 9.54. The molecule has 19 heavy (non-hydrogen) atoms. The predicted molar refractivity (Wildman–Crippen MR) is 44.9 cm³/mol. The molecule has 0 aromatic carbocycles. The summed E-state index contributed by atoms with van der Waals surface area (Å²) < 4.78 is 44.0. The zero-order valence-corrected chi connectivity index (χ0v) is 22.3. The van der Waals surface area contributed by atoms with Crippen molar-refractivity contribution in [1.82, 2.24) is 0 Å². The average Bonchev–Trinajstić information content (AvgIpc) is 1.72. The fraction of sp³-hybridized carbons (Fsp3) is 0. The summed E-state index contributed by atoms with van der Waals surface area (Å²) in [5.41, 5.74) is 0. The molecule has 0 saturated heterocycles. The normalized spacial score (nSPS) is 9.05. The first-order valence-electron chi connectivity index (χ1n) is 2.76. The Bertz CT molecular complexity index is 312. The number of phosphoric acid groups is 2. The third kappa shape index (κ3) is 44.9. The van der Waals surface area contributed by atoms with Crippen molar-refractivity contribution in [2.75, 3.05) is 0 Å². The molecule has 0 aliphatic heterocycles. The van der Waals surface area contributed by atoms with Gasteiger partial charge in [0.1, 0.15) is 0 Å². The van der Waals surface area contributed by atoms with Crippen LogP contribution in [0.2, 0.25) is 0 Å². The van der Waals surface area contributed by atoms with E-state index in [-0.39, 0.29) is 84.4 Å². The first-order valence-corrected chi connectivity index (χ1v) is 8.27. The van der Waals surface area contributed by atoms with Crippen LogP contribution in [0.4, 0.5) is 0 Å². The summed E-state index contributed by atoms with van der Waals surface area (Å²) in [5.74, 6) is 0. The molecule has 0 aromatic rings. The minimum Gasteiger partial charge on any atom is -0.499 e. The summed E-state index contributed by atoms with van der Waals surface area (Å²) in [6, 6.07) is 0. The van der Waals surface area contributed by atoms with Crippen molar-refractivity contribution in [3.8, 4) is 0 Å². The van der Waals surface area contributed by atoms with E-state index in [2.05, 4.69) is 8.43 Å². The van der Waals surface area contributed by atoms with Crippen molar-refractivity contribution in [2.24, 2.45) is 0 Å². The molecule has 100 valence electrons. The Labute approximate surface area is 172 Å². The van der Waals surface area contributed by atoms with Gasteiger partial charge in [-0.15, -0.1) is 0 Å². The second kappa shape index (κ2) is 15.2. The van der Waals surface area contributed by atoms with Gasteiger partial charge in [-0.1, -0.05) is 0 Å². The molecule has 12 nitrogen and oxygen atoms in total. The summed E-state index contributed by atoms with van der Waals surface area (Å²) >= 11 is 0. The molecule has 0 unspecified atom stereocenters. The molecular formula is H4O12P2Si2SrZn2.